The second-order valence-corrected chi connectivity index (χ2v) is 5.49. The van der Waals surface area contributed by atoms with Gasteiger partial charge in [-0.2, -0.15) is 0 Å². The largest absolute Gasteiger partial charge is 0.495 e. The lowest BCUT2D eigenvalue weighted by molar-refractivity contribution is 0.411. The lowest BCUT2D eigenvalue weighted by Gasteiger charge is -2.27. The number of hydrogen-bond acceptors (Lipinski definition) is 2. The summed E-state index contributed by atoms with van der Waals surface area (Å²) >= 11 is 6.13. The van der Waals surface area contributed by atoms with Crippen molar-refractivity contribution in [3.8, 4) is 5.75 Å². The Morgan fingerprint density at radius 3 is 2.38 bits per heavy atom. The average Bonchev–Trinajstić information content (AvgIpc) is 2.54. The first-order valence-electron chi connectivity index (χ1n) is 7.26. The molecule has 0 bridgehead atoms. The van der Waals surface area contributed by atoms with E-state index in [4.69, 9.17) is 16.3 Å². The summed E-state index contributed by atoms with van der Waals surface area (Å²) < 4.78 is 5.34. The highest BCUT2D eigenvalue weighted by Crippen LogP contribution is 2.36. The van der Waals surface area contributed by atoms with Crippen molar-refractivity contribution in [2.75, 3.05) is 14.2 Å². The minimum Gasteiger partial charge on any atom is -0.495 e. The highest BCUT2D eigenvalue weighted by molar-refractivity contribution is 6.32. The highest BCUT2D eigenvalue weighted by Gasteiger charge is 2.22. The molecule has 2 rings (SSSR count). The van der Waals surface area contributed by atoms with Gasteiger partial charge in [0.1, 0.15) is 5.75 Å². The Balaban J connectivity index is 2.38. The summed E-state index contributed by atoms with van der Waals surface area (Å²) in [4.78, 5) is 0. The molecular formula is C18H22ClNO. The van der Waals surface area contributed by atoms with Gasteiger partial charge in [-0.25, -0.2) is 0 Å². The van der Waals surface area contributed by atoms with Crippen LogP contribution < -0.4 is 10.1 Å². The standard InChI is InChI=1S/C18H22ClNO/c1-4-15(13-8-6-5-7-9-13)18(20-2)14-10-11-16(19)17(12-14)21-3/h5-12,15,18,20H,4H2,1-3H3. The predicted octanol–water partition coefficient (Wildman–Crippen LogP) is 4.80. The van der Waals surface area contributed by atoms with Gasteiger partial charge in [0.15, 0.2) is 0 Å². The zero-order valence-electron chi connectivity index (χ0n) is 12.8. The van der Waals surface area contributed by atoms with Gasteiger partial charge in [0.05, 0.1) is 12.1 Å². The first kappa shape index (κ1) is 15.9. The molecule has 2 unspecified atom stereocenters. The maximum absolute atomic E-state index is 6.13. The van der Waals surface area contributed by atoms with Crippen LogP contribution >= 0.6 is 11.6 Å². The van der Waals surface area contributed by atoms with Crippen LogP contribution in [0.3, 0.4) is 0 Å². The van der Waals surface area contributed by atoms with Gasteiger partial charge in [0, 0.05) is 12.0 Å². The summed E-state index contributed by atoms with van der Waals surface area (Å²) in [7, 11) is 3.64. The van der Waals surface area contributed by atoms with E-state index in [1.54, 1.807) is 7.11 Å². The summed E-state index contributed by atoms with van der Waals surface area (Å²) in [5.41, 5.74) is 2.53. The Labute approximate surface area is 132 Å². The average molecular weight is 304 g/mol. The third-order valence-corrected chi connectivity index (χ3v) is 4.23. The predicted molar refractivity (Wildman–Crippen MR) is 89.3 cm³/mol. The minimum atomic E-state index is 0.226. The smallest absolute Gasteiger partial charge is 0.137 e. The molecule has 0 saturated heterocycles. The van der Waals surface area contributed by atoms with Crippen LogP contribution in [0.4, 0.5) is 0 Å². The molecule has 0 saturated carbocycles. The SMILES string of the molecule is CCC(c1ccccc1)C(NC)c1ccc(Cl)c(OC)c1. The van der Waals surface area contributed by atoms with Crippen molar-refractivity contribution in [2.45, 2.75) is 25.3 Å². The monoisotopic (exact) mass is 303 g/mol. The van der Waals surface area contributed by atoms with E-state index >= 15 is 0 Å². The van der Waals surface area contributed by atoms with E-state index in [1.165, 1.54) is 11.1 Å². The second-order valence-electron chi connectivity index (χ2n) is 5.09. The second kappa shape index (κ2) is 7.48. The topological polar surface area (TPSA) is 21.3 Å². The summed E-state index contributed by atoms with van der Waals surface area (Å²) in [6, 6.07) is 16.8. The van der Waals surface area contributed by atoms with Gasteiger partial charge in [0.2, 0.25) is 0 Å². The van der Waals surface area contributed by atoms with Crippen molar-refractivity contribution in [3.63, 3.8) is 0 Å². The van der Waals surface area contributed by atoms with Crippen molar-refractivity contribution in [1.82, 2.24) is 5.32 Å². The van der Waals surface area contributed by atoms with E-state index in [0.717, 1.165) is 12.2 Å². The van der Waals surface area contributed by atoms with Crippen LogP contribution in [0.1, 0.15) is 36.4 Å². The molecule has 0 spiro atoms. The van der Waals surface area contributed by atoms with Gasteiger partial charge in [-0.3, -0.25) is 0 Å². The molecule has 0 fully saturated rings. The van der Waals surface area contributed by atoms with Gasteiger partial charge in [-0.15, -0.1) is 0 Å². The first-order chi connectivity index (χ1) is 10.2. The number of methoxy groups -OCH3 is 1. The molecule has 0 aliphatic carbocycles. The van der Waals surface area contributed by atoms with Crippen molar-refractivity contribution in [3.05, 3.63) is 64.7 Å². The maximum Gasteiger partial charge on any atom is 0.137 e. The minimum absolute atomic E-state index is 0.226. The van der Waals surface area contributed by atoms with Gasteiger partial charge in [-0.1, -0.05) is 54.9 Å². The third kappa shape index (κ3) is 3.58. The molecule has 0 aliphatic rings. The summed E-state index contributed by atoms with van der Waals surface area (Å²) in [6.07, 6.45) is 1.06. The fraction of sp³-hybridized carbons (Fsp3) is 0.333. The Bertz CT molecular complexity index is 571. The molecule has 1 N–H and O–H groups in total. The quantitative estimate of drug-likeness (QED) is 0.827. The maximum atomic E-state index is 6.13. The summed E-state index contributed by atoms with van der Waals surface area (Å²) in [5, 5.41) is 4.08. The van der Waals surface area contributed by atoms with Gasteiger partial charge >= 0.3 is 0 Å². The highest BCUT2D eigenvalue weighted by atomic mass is 35.5. The Morgan fingerprint density at radius 1 is 1.10 bits per heavy atom. The lowest BCUT2D eigenvalue weighted by Crippen LogP contribution is -2.23. The van der Waals surface area contributed by atoms with Crippen LogP contribution in [0.15, 0.2) is 48.5 Å². The van der Waals surface area contributed by atoms with Crippen molar-refractivity contribution < 1.29 is 4.74 Å². The van der Waals surface area contributed by atoms with Crippen LogP contribution in [0.2, 0.25) is 5.02 Å². The normalized spacial score (nSPS) is 13.7. The molecule has 2 nitrogen and oxygen atoms in total. The molecule has 2 aromatic rings. The van der Waals surface area contributed by atoms with Gasteiger partial charge in [-0.05, 0) is 36.7 Å². The molecule has 0 heterocycles. The molecule has 0 radical (unpaired) electrons. The fourth-order valence-electron chi connectivity index (χ4n) is 2.83. The lowest BCUT2D eigenvalue weighted by atomic mass is 9.85. The molecular weight excluding hydrogens is 282 g/mol. The van der Waals surface area contributed by atoms with Crippen LogP contribution in [0.5, 0.6) is 5.75 Å². The zero-order valence-corrected chi connectivity index (χ0v) is 13.5. The van der Waals surface area contributed by atoms with E-state index in [0.29, 0.717) is 10.9 Å². The Morgan fingerprint density at radius 2 is 1.81 bits per heavy atom. The van der Waals surface area contributed by atoms with Crippen molar-refractivity contribution in [2.24, 2.45) is 0 Å². The molecule has 0 amide bonds. The van der Waals surface area contributed by atoms with Crippen LogP contribution in [-0.2, 0) is 0 Å². The fourth-order valence-corrected chi connectivity index (χ4v) is 3.03. The van der Waals surface area contributed by atoms with E-state index in [-0.39, 0.29) is 6.04 Å². The van der Waals surface area contributed by atoms with Crippen molar-refractivity contribution >= 4 is 11.6 Å². The summed E-state index contributed by atoms with van der Waals surface area (Å²) in [6.45, 7) is 2.22. The molecule has 0 aliphatic heterocycles. The number of nitrogens with one attached hydrogen (secondary N) is 1. The number of hydrogen-bond donors (Lipinski definition) is 1. The summed E-state index contributed by atoms with van der Waals surface area (Å²) in [5.74, 6) is 1.12. The van der Waals surface area contributed by atoms with E-state index in [2.05, 4.69) is 48.6 Å². The Hall–Kier alpha value is -1.51. The molecule has 2 atom stereocenters. The number of benzene rings is 2. The third-order valence-electron chi connectivity index (χ3n) is 3.92. The molecule has 112 valence electrons. The van der Waals surface area contributed by atoms with E-state index in [9.17, 15) is 0 Å². The van der Waals surface area contributed by atoms with Crippen LogP contribution in [0, 0.1) is 0 Å². The van der Waals surface area contributed by atoms with Crippen LogP contribution in [0.25, 0.3) is 0 Å². The number of ether oxygens (including phenoxy) is 1. The van der Waals surface area contributed by atoms with E-state index in [1.807, 2.05) is 19.2 Å². The molecule has 3 heteroatoms. The molecule has 21 heavy (non-hydrogen) atoms. The first-order valence-corrected chi connectivity index (χ1v) is 7.64. The van der Waals surface area contributed by atoms with Gasteiger partial charge in [0.25, 0.3) is 0 Å². The van der Waals surface area contributed by atoms with E-state index < -0.39 is 0 Å². The molecule has 0 aromatic heterocycles. The zero-order chi connectivity index (χ0) is 15.2. The number of likely N-dealkylation sites (N-methyl/N-ethyl adjacent to an activating group) is 1. The van der Waals surface area contributed by atoms with Crippen molar-refractivity contribution in [1.29, 1.82) is 0 Å². The number of halogens is 1. The molecule has 2 aromatic carbocycles. The Kier molecular flexibility index (Phi) is 5.66. The number of rotatable bonds is 6. The van der Waals surface area contributed by atoms with Gasteiger partial charge < -0.3 is 10.1 Å². The van der Waals surface area contributed by atoms with Crippen LogP contribution in [-0.4, -0.2) is 14.2 Å².